The molecule has 2 amide bonds. The number of amides is 2. The second kappa shape index (κ2) is 4.35. The van der Waals surface area contributed by atoms with Gasteiger partial charge in [-0.25, -0.2) is 4.79 Å². The Morgan fingerprint density at radius 2 is 2.00 bits per heavy atom. The van der Waals surface area contributed by atoms with Crippen LogP contribution in [0.25, 0.3) is 0 Å². The number of carbonyl (C=O) groups is 3. The highest BCUT2D eigenvalue weighted by Crippen LogP contribution is 2.27. The SMILES string of the molecule is COC(=O)C1CCC(=O)N1C1CN(C(C)=O)C1. The van der Waals surface area contributed by atoms with Gasteiger partial charge in [0.2, 0.25) is 11.8 Å². The summed E-state index contributed by atoms with van der Waals surface area (Å²) in [6, 6.07) is -0.496. The van der Waals surface area contributed by atoms with Gasteiger partial charge in [0.1, 0.15) is 6.04 Å². The van der Waals surface area contributed by atoms with Crippen molar-refractivity contribution in [2.24, 2.45) is 0 Å². The van der Waals surface area contributed by atoms with E-state index < -0.39 is 6.04 Å². The summed E-state index contributed by atoms with van der Waals surface area (Å²) in [6.07, 6.45) is 0.901. The zero-order valence-electron chi connectivity index (χ0n) is 10.0. The van der Waals surface area contributed by atoms with E-state index in [-0.39, 0.29) is 23.8 Å². The molecule has 0 N–H and O–H groups in total. The molecule has 94 valence electrons. The van der Waals surface area contributed by atoms with Crippen molar-refractivity contribution in [2.45, 2.75) is 31.8 Å². The Kier molecular flexibility index (Phi) is 3.04. The Hall–Kier alpha value is -1.59. The summed E-state index contributed by atoms with van der Waals surface area (Å²) in [5.41, 5.74) is 0. The molecule has 0 aliphatic carbocycles. The third kappa shape index (κ3) is 1.99. The molecular formula is C11H16N2O4. The van der Waals surface area contributed by atoms with Crippen molar-refractivity contribution < 1.29 is 19.1 Å². The number of hydrogen-bond donors (Lipinski definition) is 0. The molecular weight excluding hydrogens is 224 g/mol. The van der Waals surface area contributed by atoms with Crippen LogP contribution in [0.2, 0.25) is 0 Å². The Balaban J connectivity index is 2.01. The Bertz CT molecular complexity index is 362. The fourth-order valence-corrected chi connectivity index (χ4v) is 2.42. The van der Waals surface area contributed by atoms with E-state index in [1.54, 1.807) is 9.80 Å². The highest BCUT2D eigenvalue weighted by Gasteiger charge is 2.45. The lowest BCUT2D eigenvalue weighted by Crippen LogP contribution is -2.63. The first-order chi connectivity index (χ1) is 8.04. The number of rotatable bonds is 2. The van der Waals surface area contributed by atoms with Gasteiger partial charge in [-0.3, -0.25) is 9.59 Å². The summed E-state index contributed by atoms with van der Waals surface area (Å²) in [5, 5.41) is 0. The molecule has 2 heterocycles. The Labute approximate surface area is 99.5 Å². The van der Waals surface area contributed by atoms with E-state index in [4.69, 9.17) is 4.74 Å². The third-order valence-corrected chi connectivity index (χ3v) is 3.43. The summed E-state index contributed by atoms with van der Waals surface area (Å²) < 4.78 is 4.69. The van der Waals surface area contributed by atoms with Crippen LogP contribution in [0.5, 0.6) is 0 Å². The van der Waals surface area contributed by atoms with Gasteiger partial charge in [-0.15, -0.1) is 0 Å². The Morgan fingerprint density at radius 3 is 2.53 bits per heavy atom. The van der Waals surface area contributed by atoms with E-state index in [2.05, 4.69) is 0 Å². The van der Waals surface area contributed by atoms with Gasteiger partial charge in [0, 0.05) is 26.4 Å². The highest BCUT2D eigenvalue weighted by atomic mass is 16.5. The first-order valence-electron chi connectivity index (χ1n) is 5.69. The largest absolute Gasteiger partial charge is 0.467 e. The number of ether oxygens (including phenoxy) is 1. The average molecular weight is 240 g/mol. The van der Waals surface area contributed by atoms with Crippen LogP contribution in [-0.2, 0) is 19.1 Å². The number of esters is 1. The lowest BCUT2D eigenvalue weighted by atomic mass is 10.1. The van der Waals surface area contributed by atoms with E-state index >= 15 is 0 Å². The van der Waals surface area contributed by atoms with E-state index in [1.165, 1.54) is 14.0 Å². The lowest BCUT2D eigenvalue weighted by molar-refractivity contribution is -0.155. The minimum absolute atomic E-state index is 0.00233. The van der Waals surface area contributed by atoms with E-state index in [0.29, 0.717) is 25.9 Å². The first kappa shape index (κ1) is 11.9. The Morgan fingerprint density at radius 1 is 1.35 bits per heavy atom. The standard InChI is InChI=1S/C11H16N2O4/c1-7(14)12-5-8(6-12)13-9(11(16)17-2)3-4-10(13)15/h8-9H,3-6H2,1-2H3. The summed E-state index contributed by atoms with van der Waals surface area (Å²) in [4.78, 5) is 37.6. The van der Waals surface area contributed by atoms with Gasteiger partial charge < -0.3 is 14.5 Å². The van der Waals surface area contributed by atoms with Crippen molar-refractivity contribution in [2.75, 3.05) is 20.2 Å². The van der Waals surface area contributed by atoms with E-state index in [0.717, 1.165) is 0 Å². The second-order valence-corrected chi connectivity index (χ2v) is 4.46. The number of hydrogen-bond acceptors (Lipinski definition) is 4. The van der Waals surface area contributed by atoms with Gasteiger partial charge in [0.05, 0.1) is 13.2 Å². The molecule has 2 fully saturated rings. The molecule has 0 aromatic heterocycles. The highest BCUT2D eigenvalue weighted by molar-refractivity contribution is 5.88. The van der Waals surface area contributed by atoms with Crippen molar-refractivity contribution in [3.63, 3.8) is 0 Å². The second-order valence-electron chi connectivity index (χ2n) is 4.46. The van der Waals surface area contributed by atoms with Crippen molar-refractivity contribution in [3.05, 3.63) is 0 Å². The minimum atomic E-state index is -0.466. The quantitative estimate of drug-likeness (QED) is 0.603. The summed E-state index contributed by atoms with van der Waals surface area (Å²) in [5.74, 6) is -0.381. The molecule has 0 radical (unpaired) electrons. The van der Waals surface area contributed by atoms with Gasteiger partial charge >= 0.3 is 5.97 Å². The first-order valence-corrected chi connectivity index (χ1v) is 5.69. The molecule has 1 unspecified atom stereocenters. The molecule has 17 heavy (non-hydrogen) atoms. The van der Waals surface area contributed by atoms with Crippen LogP contribution in [0, 0.1) is 0 Å². The zero-order chi connectivity index (χ0) is 12.6. The third-order valence-electron chi connectivity index (χ3n) is 3.43. The van der Waals surface area contributed by atoms with Crippen LogP contribution in [-0.4, -0.2) is 59.9 Å². The van der Waals surface area contributed by atoms with Gasteiger partial charge in [-0.2, -0.15) is 0 Å². The van der Waals surface area contributed by atoms with E-state index in [1.807, 2.05) is 0 Å². The normalized spacial score (nSPS) is 24.8. The monoisotopic (exact) mass is 240 g/mol. The van der Waals surface area contributed by atoms with Crippen LogP contribution >= 0.6 is 0 Å². The van der Waals surface area contributed by atoms with Crippen molar-refractivity contribution in [1.82, 2.24) is 9.80 Å². The predicted molar refractivity (Wildman–Crippen MR) is 57.9 cm³/mol. The molecule has 2 saturated heterocycles. The number of methoxy groups -OCH3 is 1. The molecule has 0 aromatic carbocycles. The molecule has 2 rings (SSSR count). The van der Waals surface area contributed by atoms with Crippen molar-refractivity contribution >= 4 is 17.8 Å². The topological polar surface area (TPSA) is 66.9 Å². The minimum Gasteiger partial charge on any atom is -0.467 e. The zero-order valence-corrected chi connectivity index (χ0v) is 10.0. The van der Waals surface area contributed by atoms with Crippen molar-refractivity contribution in [1.29, 1.82) is 0 Å². The van der Waals surface area contributed by atoms with Gasteiger partial charge in [-0.1, -0.05) is 0 Å². The molecule has 6 heteroatoms. The summed E-state index contributed by atoms with van der Waals surface area (Å²) in [7, 11) is 1.33. The average Bonchev–Trinajstić information content (AvgIpc) is 2.57. The van der Waals surface area contributed by atoms with Gasteiger partial charge in [-0.05, 0) is 6.42 Å². The molecule has 2 aliphatic rings. The molecule has 0 bridgehead atoms. The van der Waals surface area contributed by atoms with Crippen LogP contribution in [0.3, 0.4) is 0 Å². The lowest BCUT2D eigenvalue weighted by Gasteiger charge is -2.45. The number of likely N-dealkylation sites (tertiary alicyclic amines) is 2. The summed E-state index contributed by atoms with van der Waals surface area (Å²) in [6.45, 7) is 2.54. The molecule has 1 atom stereocenters. The number of nitrogens with zero attached hydrogens (tertiary/aromatic N) is 2. The van der Waals surface area contributed by atoms with Crippen LogP contribution in [0.1, 0.15) is 19.8 Å². The molecule has 0 aromatic rings. The molecule has 0 spiro atoms. The van der Waals surface area contributed by atoms with E-state index in [9.17, 15) is 14.4 Å². The fraction of sp³-hybridized carbons (Fsp3) is 0.727. The fourth-order valence-electron chi connectivity index (χ4n) is 2.42. The maximum atomic E-state index is 11.7. The molecule has 2 aliphatic heterocycles. The van der Waals surface area contributed by atoms with Crippen LogP contribution in [0.4, 0.5) is 0 Å². The maximum Gasteiger partial charge on any atom is 0.328 e. The predicted octanol–water partition coefficient (Wildman–Crippen LogP) is -0.619. The van der Waals surface area contributed by atoms with Crippen LogP contribution < -0.4 is 0 Å². The van der Waals surface area contributed by atoms with Gasteiger partial charge in [0.15, 0.2) is 0 Å². The van der Waals surface area contributed by atoms with Crippen LogP contribution in [0.15, 0.2) is 0 Å². The maximum absolute atomic E-state index is 11.7. The smallest absolute Gasteiger partial charge is 0.328 e. The van der Waals surface area contributed by atoms with Gasteiger partial charge in [0.25, 0.3) is 0 Å². The van der Waals surface area contributed by atoms with Crippen molar-refractivity contribution in [3.8, 4) is 0 Å². The number of carbonyl (C=O) groups excluding carboxylic acids is 3. The molecule has 6 nitrogen and oxygen atoms in total. The molecule has 0 saturated carbocycles. The summed E-state index contributed by atoms with van der Waals surface area (Å²) >= 11 is 0.